The smallest absolute Gasteiger partial charge is 0.0233 e. The van der Waals surface area contributed by atoms with Crippen LogP contribution in [0, 0.1) is 0 Å². The highest BCUT2D eigenvalue weighted by molar-refractivity contribution is 5.22. The van der Waals surface area contributed by atoms with Crippen molar-refractivity contribution in [1.82, 2.24) is 9.80 Å². The molecular weight excluding hydrogens is 222 g/mol. The van der Waals surface area contributed by atoms with E-state index in [-0.39, 0.29) is 0 Å². The van der Waals surface area contributed by atoms with Gasteiger partial charge in [0.15, 0.2) is 0 Å². The van der Waals surface area contributed by atoms with Crippen LogP contribution < -0.4 is 5.73 Å². The minimum absolute atomic E-state index is 0.630. The molecule has 1 aromatic carbocycles. The van der Waals surface area contributed by atoms with Crippen LogP contribution in [-0.2, 0) is 13.1 Å². The van der Waals surface area contributed by atoms with Gasteiger partial charge >= 0.3 is 0 Å². The standard InChI is InChI=1S/C15H25N3/c1-17-9-7-15(8-10-17)18(2)12-14-5-3-13(11-16)4-6-14/h3-6,15H,7-12,16H2,1-2H3. The Kier molecular flexibility index (Phi) is 4.75. The molecule has 2 rings (SSSR count). The van der Waals surface area contributed by atoms with E-state index in [4.69, 9.17) is 5.73 Å². The van der Waals surface area contributed by atoms with Crippen molar-refractivity contribution in [2.45, 2.75) is 32.0 Å². The fourth-order valence-electron chi connectivity index (χ4n) is 2.63. The van der Waals surface area contributed by atoms with Gasteiger partial charge in [0.05, 0.1) is 0 Å². The Morgan fingerprint density at radius 2 is 1.72 bits per heavy atom. The van der Waals surface area contributed by atoms with Crippen molar-refractivity contribution in [2.75, 3.05) is 27.2 Å². The summed E-state index contributed by atoms with van der Waals surface area (Å²) in [4.78, 5) is 4.91. The Balaban J connectivity index is 1.87. The molecule has 0 atom stereocenters. The summed E-state index contributed by atoms with van der Waals surface area (Å²) in [7, 11) is 4.45. The SMILES string of the molecule is CN1CCC(N(C)Cc2ccc(CN)cc2)CC1. The van der Waals surface area contributed by atoms with Crippen molar-refractivity contribution in [2.24, 2.45) is 5.73 Å². The second-order valence-electron chi connectivity index (χ2n) is 5.47. The summed E-state index contributed by atoms with van der Waals surface area (Å²) in [5.74, 6) is 0. The van der Waals surface area contributed by atoms with E-state index in [0.717, 1.165) is 12.6 Å². The highest BCUT2D eigenvalue weighted by Gasteiger charge is 2.20. The number of hydrogen-bond acceptors (Lipinski definition) is 3. The summed E-state index contributed by atoms with van der Waals surface area (Å²) < 4.78 is 0. The molecule has 0 bridgehead atoms. The number of benzene rings is 1. The molecule has 1 heterocycles. The van der Waals surface area contributed by atoms with Gasteiger partial charge in [-0.15, -0.1) is 0 Å². The number of likely N-dealkylation sites (tertiary alicyclic amines) is 1. The third-order valence-corrected chi connectivity index (χ3v) is 4.00. The Bertz CT molecular complexity index is 353. The van der Waals surface area contributed by atoms with E-state index in [1.807, 2.05) is 0 Å². The van der Waals surface area contributed by atoms with Gasteiger partial charge in [-0.25, -0.2) is 0 Å². The lowest BCUT2D eigenvalue weighted by atomic mass is 10.0. The third kappa shape index (κ3) is 3.55. The van der Waals surface area contributed by atoms with Gasteiger partial charge < -0.3 is 10.6 Å². The average Bonchev–Trinajstić information content (AvgIpc) is 2.40. The van der Waals surface area contributed by atoms with Crippen molar-refractivity contribution in [3.05, 3.63) is 35.4 Å². The van der Waals surface area contributed by atoms with Crippen LogP contribution in [-0.4, -0.2) is 43.0 Å². The first-order valence-corrected chi connectivity index (χ1v) is 6.85. The van der Waals surface area contributed by atoms with Gasteiger partial charge in [-0.2, -0.15) is 0 Å². The van der Waals surface area contributed by atoms with Crippen molar-refractivity contribution in [3.8, 4) is 0 Å². The summed E-state index contributed by atoms with van der Waals surface area (Å²) in [6.45, 7) is 4.12. The van der Waals surface area contributed by atoms with E-state index >= 15 is 0 Å². The van der Waals surface area contributed by atoms with Crippen LogP contribution in [0.25, 0.3) is 0 Å². The molecular formula is C15H25N3. The minimum Gasteiger partial charge on any atom is -0.326 e. The maximum absolute atomic E-state index is 5.62. The fourth-order valence-corrected chi connectivity index (χ4v) is 2.63. The minimum atomic E-state index is 0.630. The van der Waals surface area contributed by atoms with Crippen molar-refractivity contribution >= 4 is 0 Å². The summed E-state index contributed by atoms with van der Waals surface area (Å²) in [6, 6.07) is 9.41. The second-order valence-corrected chi connectivity index (χ2v) is 5.47. The molecule has 0 aromatic heterocycles. The molecule has 0 saturated carbocycles. The van der Waals surface area contributed by atoms with E-state index in [9.17, 15) is 0 Å². The van der Waals surface area contributed by atoms with Gasteiger partial charge in [0.1, 0.15) is 0 Å². The predicted octanol–water partition coefficient (Wildman–Crippen LogP) is 1.67. The van der Waals surface area contributed by atoms with Crippen molar-refractivity contribution < 1.29 is 0 Å². The van der Waals surface area contributed by atoms with Crippen LogP contribution in [0.5, 0.6) is 0 Å². The van der Waals surface area contributed by atoms with Crippen molar-refractivity contribution in [3.63, 3.8) is 0 Å². The zero-order valence-electron chi connectivity index (χ0n) is 11.6. The number of nitrogens with zero attached hydrogens (tertiary/aromatic N) is 2. The van der Waals surface area contributed by atoms with E-state index in [1.54, 1.807) is 0 Å². The van der Waals surface area contributed by atoms with Crippen molar-refractivity contribution in [1.29, 1.82) is 0 Å². The highest BCUT2D eigenvalue weighted by atomic mass is 15.2. The van der Waals surface area contributed by atoms with E-state index in [1.165, 1.54) is 37.1 Å². The van der Waals surface area contributed by atoms with E-state index in [0.29, 0.717) is 6.54 Å². The Morgan fingerprint density at radius 3 is 2.28 bits per heavy atom. The van der Waals surface area contributed by atoms with Gasteiger partial charge in [0.2, 0.25) is 0 Å². The maximum Gasteiger partial charge on any atom is 0.0233 e. The summed E-state index contributed by atoms with van der Waals surface area (Å²) in [5.41, 5.74) is 8.21. The van der Waals surface area contributed by atoms with E-state index in [2.05, 4.69) is 48.2 Å². The molecule has 0 spiro atoms. The summed E-state index contributed by atoms with van der Waals surface area (Å²) in [5, 5.41) is 0. The van der Waals surface area contributed by atoms with Crippen LogP contribution in [0.1, 0.15) is 24.0 Å². The number of nitrogens with two attached hydrogens (primary N) is 1. The first-order chi connectivity index (χ1) is 8.69. The first-order valence-electron chi connectivity index (χ1n) is 6.85. The molecule has 3 heteroatoms. The molecule has 3 nitrogen and oxygen atoms in total. The average molecular weight is 247 g/mol. The molecule has 1 aromatic rings. The Labute approximate surface area is 111 Å². The monoisotopic (exact) mass is 247 g/mol. The van der Waals surface area contributed by atoms with Crippen LogP contribution >= 0.6 is 0 Å². The molecule has 1 aliphatic rings. The van der Waals surface area contributed by atoms with Gasteiger partial charge in [-0.3, -0.25) is 4.90 Å². The van der Waals surface area contributed by atoms with Crippen LogP contribution in [0.2, 0.25) is 0 Å². The molecule has 0 aliphatic carbocycles. The molecule has 1 fully saturated rings. The fraction of sp³-hybridized carbons (Fsp3) is 0.600. The molecule has 0 radical (unpaired) electrons. The number of rotatable bonds is 4. The Morgan fingerprint density at radius 1 is 1.17 bits per heavy atom. The van der Waals surface area contributed by atoms with E-state index < -0.39 is 0 Å². The first kappa shape index (κ1) is 13.5. The molecule has 18 heavy (non-hydrogen) atoms. The topological polar surface area (TPSA) is 32.5 Å². The zero-order chi connectivity index (χ0) is 13.0. The molecule has 1 saturated heterocycles. The molecule has 2 N–H and O–H groups in total. The Hall–Kier alpha value is -0.900. The molecule has 100 valence electrons. The van der Waals surface area contributed by atoms with Crippen LogP contribution in [0.4, 0.5) is 0 Å². The van der Waals surface area contributed by atoms with Crippen LogP contribution in [0.15, 0.2) is 24.3 Å². The quantitative estimate of drug-likeness (QED) is 0.878. The van der Waals surface area contributed by atoms with Gasteiger partial charge in [-0.1, -0.05) is 24.3 Å². The van der Waals surface area contributed by atoms with Crippen LogP contribution in [0.3, 0.4) is 0 Å². The predicted molar refractivity (Wildman–Crippen MR) is 76.3 cm³/mol. The molecule has 0 amide bonds. The highest BCUT2D eigenvalue weighted by Crippen LogP contribution is 2.16. The van der Waals surface area contributed by atoms with Gasteiger partial charge in [0, 0.05) is 19.1 Å². The lowest BCUT2D eigenvalue weighted by molar-refractivity contribution is 0.139. The summed E-state index contributed by atoms with van der Waals surface area (Å²) >= 11 is 0. The van der Waals surface area contributed by atoms with Gasteiger partial charge in [0.25, 0.3) is 0 Å². The summed E-state index contributed by atoms with van der Waals surface area (Å²) in [6.07, 6.45) is 2.57. The zero-order valence-corrected chi connectivity index (χ0v) is 11.6. The second kappa shape index (κ2) is 6.32. The largest absolute Gasteiger partial charge is 0.326 e. The molecule has 1 aliphatic heterocycles. The normalized spacial score (nSPS) is 18.4. The number of piperidine rings is 1. The lowest BCUT2D eigenvalue weighted by Crippen LogP contribution is -2.41. The maximum atomic E-state index is 5.62. The lowest BCUT2D eigenvalue weighted by Gasteiger charge is -2.35. The number of hydrogen-bond donors (Lipinski definition) is 1. The molecule has 0 unspecified atom stereocenters. The third-order valence-electron chi connectivity index (χ3n) is 4.00. The van der Waals surface area contributed by atoms with Gasteiger partial charge in [-0.05, 0) is 51.2 Å².